The molecule has 1 fully saturated rings. The predicted octanol–water partition coefficient (Wildman–Crippen LogP) is 7.60. The first-order valence-corrected chi connectivity index (χ1v) is 16.4. The number of nitrogens with one attached hydrogen (secondary N) is 2. The van der Waals surface area contributed by atoms with Gasteiger partial charge in [0.25, 0.3) is 0 Å². The number of methoxy groups -OCH3 is 1. The Bertz CT molecular complexity index is 1770. The number of ether oxygens (including phenoxy) is 1. The highest BCUT2D eigenvalue weighted by atomic mass is 32.1. The molecule has 230 valence electrons. The smallest absolute Gasteiger partial charge is 0.356 e. The quantitative estimate of drug-likeness (QED) is 0.125. The third kappa shape index (κ3) is 5.78. The number of hydrogen-bond acceptors (Lipinski definition) is 11. The van der Waals surface area contributed by atoms with Crippen molar-refractivity contribution in [3.8, 4) is 10.4 Å². The largest absolute Gasteiger partial charge is 0.476 e. The molecule has 5 aromatic rings. The minimum absolute atomic E-state index is 0.00585. The first-order valence-electron chi connectivity index (χ1n) is 14.8. The molecule has 44 heavy (non-hydrogen) atoms. The molecule has 0 unspecified atom stereocenters. The molecular formula is C31H36N8O3S2. The van der Waals surface area contributed by atoms with Crippen LogP contribution in [0.25, 0.3) is 20.7 Å². The second-order valence-electron chi connectivity index (χ2n) is 11.3. The maximum atomic E-state index is 12.4. The van der Waals surface area contributed by atoms with Gasteiger partial charge in [0.15, 0.2) is 27.6 Å². The van der Waals surface area contributed by atoms with E-state index in [0.29, 0.717) is 28.3 Å². The van der Waals surface area contributed by atoms with Gasteiger partial charge >= 0.3 is 5.97 Å². The van der Waals surface area contributed by atoms with Gasteiger partial charge in [-0.2, -0.15) is 5.10 Å². The standard InChI is InChI=1S/C31H36N8O3S2/c1-18-19(2)27(38-37-26(18)35-29-33-22-11-6-7-12-23(22)43-29)36-30-34-24(28(40)41)25(44-30)21-17-32-39(20(21)3)31(15-10-16-42-4)13-8-5-9-14-31/h6-7,11-12,17H,5,8-10,13-16H2,1-4H3,(H,40,41)(H,33,35,37)(H,34,36,38). The summed E-state index contributed by atoms with van der Waals surface area (Å²) in [6.45, 7) is 6.66. The molecule has 0 spiro atoms. The van der Waals surface area contributed by atoms with Crippen molar-refractivity contribution in [2.75, 3.05) is 24.4 Å². The topological polar surface area (TPSA) is 140 Å². The van der Waals surface area contributed by atoms with Gasteiger partial charge in [0, 0.05) is 36.1 Å². The SMILES string of the molecule is COCCCC1(n2ncc(-c3sc(Nc4nnc(Nc5nc6ccccc6s5)c(C)c4C)nc3C(=O)O)c2C)CCCCC1. The minimum atomic E-state index is -1.08. The van der Waals surface area contributed by atoms with Crippen LogP contribution < -0.4 is 10.6 Å². The van der Waals surface area contributed by atoms with Crippen LogP contribution in [0.2, 0.25) is 0 Å². The number of carboxylic acid groups (broad SMARTS) is 1. The third-order valence-electron chi connectivity index (χ3n) is 8.58. The van der Waals surface area contributed by atoms with Crippen LogP contribution in [0.5, 0.6) is 0 Å². The Morgan fingerprint density at radius 1 is 1.00 bits per heavy atom. The van der Waals surface area contributed by atoms with E-state index in [1.54, 1.807) is 24.6 Å². The van der Waals surface area contributed by atoms with Gasteiger partial charge < -0.3 is 20.5 Å². The number of rotatable bonds is 11. The van der Waals surface area contributed by atoms with E-state index in [9.17, 15) is 9.90 Å². The summed E-state index contributed by atoms with van der Waals surface area (Å²) < 4.78 is 8.58. The lowest BCUT2D eigenvalue weighted by Crippen LogP contribution is -2.37. The maximum absolute atomic E-state index is 12.4. The summed E-state index contributed by atoms with van der Waals surface area (Å²) in [6, 6.07) is 7.97. The van der Waals surface area contributed by atoms with Crippen molar-refractivity contribution < 1.29 is 14.6 Å². The van der Waals surface area contributed by atoms with Gasteiger partial charge in [0.1, 0.15) is 0 Å². The molecule has 0 aliphatic heterocycles. The van der Waals surface area contributed by atoms with Gasteiger partial charge in [0.05, 0.1) is 26.8 Å². The second kappa shape index (κ2) is 12.6. The van der Waals surface area contributed by atoms with Crippen LogP contribution in [0.1, 0.15) is 72.3 Å². The molecule has 0 bridgehead atoms. The van der Waals surface area contributed by atoms with E-state index in [1.165, 1.54) is 17.8 Å². The van der Waals surface area contributed by atoms with Gasteiger partial charge in [-0.15, -0.1) is 10.2 Å². The fraction of sp³-hybridized carbons (Fsp3) is 0.419. The molecule has 0 amide bonds. The van der Waals surface area contributed by atoms with Crippen LogP contribution in [0, 0.1) is 20.8 Å². The minimum Gasteiger partial charge on any atom is -0.476 e. The van der Waals surface area contributed by atoms with Crippen molar-refractivity contribution in [3.63, 3.8) is 0 Å². The van der Waals surface area contributed by atoms with E-state index >= 15 is 0 Å². The number of fused-ring (bicyclic) bond motifs is 1. The molecule has 4 heterocycles. The van der Waals surface area contributed by atoms with Crippen LogP contribution >= 0.6 is 22.7 Å². The summed E-state index contributed by atoms with van der Waals surface area (Å²) in [5.41, 5.74) is 4.36. The Morgan fingerprint density at radius 3 is 2.34 bits per heavy atom. The summed E-state index contributed by atoms with van der Waals surface area (Å²) in [4.78, 5) is 22.0. The van der Waals surface area contributed by atoms with Crippen LogP contribution in [-0.2, 0) is 10.3 Å². The number of aromatic carboxylic acids is 1. The molecule has 1 aliphatic rings. The average Bonchev–Trinajstić information content (AvgIpc) is 3.74. The Balaban J connectivity index is 1.27. The fourth-order valence-corrected chi connectivity index (χ4v) is 7.99. The van der Waals surface area contributed by atoms with Crippen LogP contribution in [0.15, 0.2) is 30.5 Å². The zero-order valence-corrected chi connectivity index (χ0v) is 26.9. The number of aromatic nitrogens is 6. The van der Waals surface area contributed by atoms with Crippen molar-refractivity contribution in [2.24, 2.45) is 0 Å². The van der Waals surface area contributed by atoms with Crippen molar-refractivity contribution in [1.29, 1.82) is 0 Å². The van der Waals surface area contributed by atoms with Crippen molar-refractivity contribution in [2.45, 2.75) is 71.3 Å². The highest BCUT2D eigenvalue weighted by molar-refractivity contribution is 7.22. The fourth-order valence-electron chi connectivity index (χ4n) is 6.11. The van der Waals surface area contributed by atoms with Crippen LogP contribution in [0.4, 0.5) is 21.9 Å². The van der Waals surface area contributed by atoms with Gasteiger partial charge in [-0.1, -0.05) is 54.1 Å². The molecule has 1 saturated carbocycles. The molecule has 11 nitrogen and oxygen atoms in total. The molecule has 1 aliphatic carbocycles. The summed E-state index contributed by atoms with van der Waals surface area (Å²) in [7, 11) is 1.73. The zero-order chi connectivity index (χ0) is 30.8. The summed E-state index contributed by atoms with van der Waals surface area (Å²) >= 11 is 2.84. The van der Waals surface area contributed by atoms with Crippen molar-refractivity contribution >= 4 is 60.8 Å². The summed E-state index contributed by atoms with van der Waals surface area (Å²) in [6.07, 6.45) is 9.38. The van der Waals surface area contributed by atoms with Crippen LogP contribution in [0.3, 0.4) is 0 Å². The first kappa shape index (κ1) is 30.1. The molecule has 0 atom stereocenters. The Labute approximate surface area is 263 Å². The number of thiazole rings is 2. The summed E-state index contributed by atoms with van der Waals surface area (Å²) in [5.74, 6) is 0.0444. The number of hydrogen-bond donors (Lipinski definition) is 3. The molecule has 4 aromatic heterocycles. The number of benzene rings is 1. The Hall–Kier alpha value is -3.94. The molecular weight excluding hydrogens is 597 g/mol. The first-order chi connectivity index (χ1) is 21.3. The monoisotopic (exact) mass is 632 g/mol. The lowest BCUT2D eigenvalue weighted by Gasteiger charge is -2.39. The molecule has 6 rings (SSSR count). The molecule has 0 radical (unpaired) electrons. The van der Waals surface area contributed by atoms with E-state index in [0.717, 1.165) is 76.3 Å². The van der Waals surface area contributed by atoms with E-state index in [2.05, 4.69) is 35.5 Å². The number of nitrogens with zero attached hydrogens (tertiary/aromatic N) is 6. The average molecular weight is 633 g/mol. The van der Waals surface area contributed by atoms with Crippen molar-refractivity contribution in [1.82, 2.24) is 29.9 Å². The highest BCUT2D eigenvalue weighted by Crippen LogP contribution is 2.43. The molecule has 13 heteroatoms. The summed E-state index contributed by atoms with van der Waals surface area (Å²) in [5, 5.41) is 31.5. The van der Waals surface area contributed by atoms with Gasteiger partial charge in [-0.25, -0.2) is 14.8 Å². The van der Waals surface area contributed by atoms with Crippen molar-refractivity contribution in [3.05, 3.63) is 53.0 Å². The predicted molar refractivity (Wildman–Crippen MR) is 175 cm³/mol. The third-order valence-corrected chi connectivity index (χ3v) is 10.5. The normalized spacial score (nSPS) is 14.6. The lowest BCUT2D eigenvalue weighted by molar-refractivity contribution is 0.0692. The van der Waals surface area contributed by atoms with Gasteiger partial charge in [-0.05, 0) is 58.6 Å². The molecule has 1 aromatic carbocycles. The van der Waals surface area contributed by atoms with Crippen LogP contribution in [-0.4, -0.2) is 54.7 Å². The number of carboxylic acids is 1. The number of anilines is 4. The zero-order valence-electron chi connectivity index (χ0n) is 25.3. The van der Waals surface area contributed by atoms with Gasteiger partial charge in [0.2, 0.25) is 0 Å². The second-order valence-corrected chi connectivity index (χ2v) is 13.4. The lowest BCUT2D eigenvalue weighted by atomic mass is 9.78. The van der Waals surface area contributed by atoms with E-state index < -0.39 is 5.97 Å². The van der Waals surface area contributed by atoms with E-state index in [-0.39, 0.29) is 11.2 Å². The molecule has 3 N–H and O–H groups in total. The highest BCUT2D eigenvalue weighted by Gasteiger charge is 2.36. The van der Waals surface area contributed by atoms with E-state index in [1.807, 2.05) is 45.0 Å². The Morgan fingerprint density at radius 2 is 1.68 bits per heavy atom. The number of carbonyl (C=O) groups is 1. The Kier molecular flexibility index (Phi) is 8.61. The maximum Gasteiger partial charge on any atom is 0.356 e. The molecule has 0 saturated heterocycles. The van der Waals surface area contributed by atoms with Gasteiger partial charge in [-0.3, -0.25) is 4.68 Å². The number of para-hydroxylation sites is 1. The van der Waals surface area contributed by atoms with E-state index in [4.69, 9.17) is 9.84 Å².